The fourth-order valence-electron chi connectivity index (χ4n) is 1.41. The number of nitrogens with zero attached hydrogens (tertiary/aromatic N) is 1. The lowest BCUT2D eigenvalue weighted by Gasteiger charge is -2.14. The Morgan fingerprint density at radius 2 is 2.08 bits per heavy atom. The van der Waals surface area contributed by atoms with E-state index in [9.17, 15) is 0 Å². The van der Waals surface area contributed by atoms with Gasteiger partial charge in [0.1, 0.15) is 0 Å². The van der Waals surface area contributed by atoms with Gasteiger partial charge in [-0.2, -0.15) is 0 Å². The Morgan fingerprint density at radius 3 is 2.54 bits per heavy atom. The van der Waals surface area contributed by atoms with Crippen LogP contribution in [-0.2, 0) is 9.47 Å². The summed E-state index contributed by atoms with van der Waals surface area (Å²) in [5, 5.41) is 7.00. The zero-order valence-corrected chi connectivity index (χ0v) is 8.82. The highest BCUT2D eigenvalue weighted by molar-refractivity contribution is 4.74. The second kappa shape index (κ2) is 8.44. The van der Waals surface area contributed by atoms with E-state index in [1.54, 1.807) is 14.2 Å². The van der Waals surface area contributed by atoms with E-state index in [0.717, 1.165) is 33.4 Å². The first-order valence-corrected chi connectivity index (χ1v) is 4.55. The average molecular weight is 191 g/mol. The van der Waals surface area contributed by atoms with Crippen LogP contribution in [-0.4, -0.2) is 63.7 Å². The summed E-state index contributed by atoms with van der Waals surface area (Å²) in [5.74, 6) is 0. The molecule has 0 bridgehead atoms. The average Bonchev–Trinajstić information content (AvgIpc) is 2.65. The van der Waals surface area contributed by atoms with Crippen LogP contribution in [0.15, 0.2) is 0 Å². The summed E-state index contributed by atoms with van der Waals surface area (Å²) in [5.41, 5.74) is 0. The van der Waals surface area contributed by atoms with Crippen LogP contribution < -0.4 is 0 Å². The van der Waals surface area contributed by atoms with Crippen molar-refractivity contribution in [1.82, 2.24) is 4.90 Å². The SMILES string of the molecule is CO.COCCN1CCC(OC)C1. The van der Waals surface area contributed by atoms with Crippen molar-refractivity contribution in [2.75, 3.05) is 47.6 Å². The van der Waals surface area contributed by atoms with Gasteiger partial charge in [-0.3, -0.25) is 4.90 Å². The summed E-state index contributed by atoms with van der Waals surface area (Å²) < 4.78 is 10.2. The van der Waals surface area contributed by atoms with Crippen LogP contribution in [0, 0.1) is 0 Å². The standard InChI is InChI=1S/C8H17NO2.CH4O/c1-10-6-5-9-4-3-8(7-9)11-2;1-2/h8H,3-7H2,1-2H3;2H,1H3. The highest BCUT2D eigenvalue weighted by atomic mass is 16.5. The summed E-state index contributed by atoms with van der Waals surface area (Å²) in [7, 11) is 4.52. The van der Waals surface area contributed by atoms with Crippen LogP contribution in [0.25, 0.3) is 0 Å². The topological polar surface area (TPSA) is 41.9 Å². The second-order valence-corrected chi connectivity index (χ2v) is 2.94. The molecule has 0 aliphatic carbocycles. The molecule has 1 saturated heterocycles. The van der Waals surface area contributed by atoms with Crippen molar-refractivity contribution in [2.24, 2.45) is 0 Å². The fraction of sp³-hybridized carbons (Fsp3) is 1.00. The van der Waals surface area contributed by atoms with Crippen LogP contribution in [0.2, 0.25) is 0 Å². The molecular weight excluding hydrogens is 170 g/mol. The Labute approximate surface area is 80.4 Å². The van der Waals surface area contributed by atoms with Crippen LogP contribution in [0.1, 0.15) is 6.42 Å². The summed E-state index contributed by atoms with van der Waals surface area (Å²) >= 11 is 0. The maximum atomic E-state index is 7.00. The quantitative estimate of drug-likeness (QED) is 0.677. The summed E-state index contributed by atoms with van der Waals surface area (Å²) in [6.45, 7) is 4.09. The third kappa shape index (κ3) is 5.21. The lowest BCUT2D eigenvalue weighted by atomic mass is 10.3. The molecule has 0 aromatic heterocycles. The van der Waals surface area contributed by atoms with E-state index in [4.69, 9.17) is 14.6 Å². The van der Waals surface area contributed by atoms with Crippen molar-refractivity contribution in [3.63, 3.8) is 0 Å². The molecule has 1 aliphatic rings. The molecule has 0 radical (unpaired) electrons. The summed E-state index contributed by atoms with van der Waals surface area (Å²) in [6, 6.07) is 0. The number of likely N-dealkylation sites (tertiary alicyclic amines) is 1. The molecule has 1 rings (SSSR count). The fourth-order valence-corrected chi connectivity index (χ4v) is 1.41. The predicted molar refractivity (Wildman–Crippen MR) is 51.9 cm³/mol. The number of ether oxygens (including phenoxy) is 2. The summed E-state index contributed by atoms with van der Waals surface area (Å²) in [4.78, 5) is 2.37. The predicted octanol–water partition coefficient (Wildman–Crippen LogP) is -0.0380. The maximum Gasteiger partial charge on any atom is 0.0710 e. The van der Waals surface area contributed by atoms with E-state index in [2.05, 4.69) is 4.90 Å². The molecule has 1 heterocycles. The molecule has 1 aliphatic heterocycles. The maximum absolute atomic E-state index is 7.00. The molecule has 1 fully saturated rings. The lowest BCUT2D eigenvalue weighted by molar-refractivity contribution is 0.101. The molecule has 13 heavy (non-hydrogen) atoms. The first-order chi connectivity index (χ1) is 6.36. The lowest BCUT2D eigenvalue weighted by Crippen LogP contribution is -2.26. The molecular formula is C9H21NO3. The van der Waals surface area contributed by atoms with Crippen molar-refractivity contribution < 1.29 is 14.6 Å². The number of aliphatic hydroxyl groups is 1. The van der Waals surface area contributed by atoms with E-state index >= 15 is 0 Å². The Hall–Kier alpha value is -0.160. The van der Waals surface area contributed by atoms with Crippen LogP contribution >= 0.6 is 0 Å². The van der Waals surface area contributed by atoms with E-state index in [-0.39, 0.29) is 0 Å². The third-order valence-corrected chi connectivity index (χ3v) is 2.17. The molecule has 0 aromatic carbocycles. The van der Waals surface area contributed by atoms with Gasteiger partial charge in [0.2, 0.25) is 0 Å². The summed E-state index contributed by atoms with van der Waals surface area (Å²) in [6.07, 6.45) is 1.62. The van der Waals surface area contributed by atoms with Crippen molar-refractivity contribution in [1.29, 1.82) is 0 Å². The Balaban J connectivity index is 0.000000671. The van der Waals surface area contributed by atoms with Gasteiger partial charge in [-0.15, -0.1) is 0 Å². The van der Waals surface area contributed by atoms with Gasteiger partial charge in [0.05, 0.1) is 12.7 Å². The van der Waals surface area contributed by atoms with Crippen molar-refractivity contribution in [3.8, 4) is 0 Å². The van der Waals surface area contributed by atoms with E-state index in [0.29, 0.717) is 6.10 Å². The first kappa shape index (κ1) is 12.8. The molecule has 1 atom stereocenters. The molecule has 1 unspecified atom stereocenters. The largest absolute Gasteiger partial charge is 0.400 e. The van der Waals surface area contributed by atoms with E-state index in [1.165, 1.54) is 6.42 Å². The Bertz CT molecular complexity index is 111. The van der Waals surface area contributed by atoms with Gasteiger partial charge >= 0.3 is 0 Å². The molecule has 0 aromatic rings. The smallest absolute Gasteiger partial charge is 0.0710 e. The molecule has 4 heteroatoms. The monoisotopic (exact) mass is 191 g/mol. The third-order valence-electron chi connectivity index (χ3n) is 2.17. The minimum absolute atomic E-state index is 0.451. The van der Waals surface area contributed by atoms with E-state index in [1.807, 2.05) is 0 Å². The number of hydrogen-bond acceptors (Lipinski definition) is 4. The van der Waals surface area contributed by atoms with Gasteiger partial charge in [0.25, 0.3) is 0 Å². The van der Waals surface area contributed by atoms with Crippen LogP contribution in [0.4, 0.5) is 0 Å². The molecule has 0 spiro atoms. The van der Waals surface area contributed by atoms with Gasteiger partial charge < -0.3 is 14.6 Å². The Morgan fingerprint density at radius 1 is 1.38 bits per heavy atom. The van der Waals surface area contributed by atoms with Gasteiger partial charge in [0, 0.05) is 41.0 Å². The van der Waals surface area contributed by atoms with Gasteiger partial charge in [-0.25, -0.2) is 0 Å². The second-order valence-electron chi connectivity index (χ2n) is 2.94. The van der Waals surface area contributed by atoms with E-state index < -0.39 is 0 Å². The zero-order valence-electron chi connectivity index (χ0n) is 8.82. The Kier molecular flexibility index (Phi) is 8.33. The van der Waals surface area contributed by atoms with Gasteiger partial charge in [0.15, 0.2) is 0 Å². The number of hydrogen-bond donors (Lipinski definition) is 1. The van der Waals surface area contributed by atoms with Crippen molar-refractivity contribution >= 4 is 0 Å². The zero-order chi connectivity index (χ0) is 10.1. The molecule has 0 saturated carbocycles. The number of rotatable bonds is 4. The van der Waals surface area contributed by atoms with Gasteiger partial charge in [-0.1, -0.05) is 0 Å². The molecule has 80 valence electrons. The van der Waals surface area contributed by atoms with Crippen molar-refractivity contribution in [3.05, 3.63) is 0 Å². The minimum Gasteiger partial charge on any atom is -0.400 e. The minimum atomic E-state index is 0.451. The van der Waals surface area contributed by atoms with Crippen molar-refractivity contribution in [2.45, 2.75) is 12.5 Å². The number of methoxy groups -OCH3 is 2. The highest BCUT2D eigenvalue weighted by Gasteiger charge is 2.20. The van der Waals surface area contributed by atoms with Gasteiger partial charge in [-0.05, 0) is 6.42 Å². The molecule has 0 amide bonds. The van der Waals surface area contributed by atoms with Crippen LogP contribution in [0.3, 0.4) is 0 Å². The number of aliphatic hydroxyl groups excluding tert-OH is 1. The highest BCUT2D eigenvalue weighted by Crippen LogP contribution is 2.10. The normalized spacial score (nSPS) is 22.6. The first-order valence-electron chi connectivity index (χ1n) is 4.55. The molecule has 1 N–H and O–H groups in total. The van der Waals surface area contributed by atoms with Crippen LogP contribution in [0.5, 0.6) is 0 Å². The molecule has 4 nitrogen and oxygen atoms in total.